The van der Waals surface area contributed by atoms with E-state index in [2.05, 4.69) is 206 Å². The molecule has 1 heterocycles. The molecule has 0 bridgehead atoms. The highest BCUT2D eigenvalue weighted by Crippen LogP contribution is 2.53. The van der Waals surface area contributed by atoms with Gasteiger partial charge in [-0.15, -0.1) is 0 Å². The average molecular weight is 605 g/mol. The lowest BCUT2D eigenvalue weighted by Gasteiger charge is -2.42. The molecule has 226 valence electrons. The van der Waals surface area contributed by atoms with E-state index >= 15 is 0 Å². The maximum Gasteiger partial charge on any atom is 0.0540 e. The van der Waals surface area contributed by atoms with Gasteiger partial charge in [-0.2, -0.15) is 0 Å². The number of anilines is 6. The van der Waals surface area contributed by atoms with E-state index in [0.717, 1.165) is 22.7 Å². The van der Waals surface area contributed by atoms with Gasteiger partial charge in [-0.05, 0) is 82.4 Å². The number of nitrogens with zero attached hydrogens (tertiary/aromatic N) is 2. The molecule has 1 aliphatic heterocycles. The quantitative estimate of drug-likeness (QED) is 0.186. The van der Waals surface area contributed by atoms with Gasteiger partial charge in [0.2, 0.25) is 0 Å². The molecule has 0 N–H and O–H groups in total. The fourth-order valence-corrected chi connectivity index (χ4v) is 7.11. The third-order valence-corrected chi connectivity index (χ3v) is 9.43. The predicted molar refractivity (Wildman–Crippen MR) is 199 cm³/mol. The Balaban J connectivity index is 1.32. The van der Waals surface area contributed by atoms with Crippen molar-refractivity contribution in [1.29, 1.82) is 0 Å². The Kier molecular flexibility index (Phi) is 7.19. The second-order valence-corrected chi connectivity index (χ2v) is 12.6. The van der Waals surface area contributed by atoms with Crippen molar-refractivity contribution in [2.45, 2.75) is 19.3 Å². The number of benzene rings is 7. The number of hydrogen-bond donors (Lipinski definition) is 0. The molecule has 2 heteroatoms. The smallest absolute Gasteiger partial charge is 0.0540 e. The molecule has 0 spiro atoms. The molecule has 2 nitrogen and oxygen atoms in total. The number of fused-ring (bicyclic) bond motifs is 2. The van der Waals surface area contributed by atoms with Crippen molar-refractivity contribution in [3.63, 3.8) is 0 Å². The summed E-state index contributed by atoms with van der Waals surface area (Å²) in [6.07, 6.45) is 0. The summed E-state index contributed by atoms with van der Waals surface area (Å²) in [6, 6.07) is 65.5. The first-order chi connectivity index (χ1) is 23.1. The van der Waals surface area contributed by atoms with Crippen LogP contribution >= 0.6 is 0 Å². The summed E-state index contributed by atoms with van der Waals surface area (Å²) in [7, 11) is 0. The van der Waals surface area contributed by atoms with Crippen molar-refractivity contribution in [2.75, 3.05) is 9.80 Å². The van der Waals surface area contributed by atoms with E-state index in [-0.39, 0.29) is 5.41 Å². The predicted octanol–water partition coefficient (Wildman–Crippen LogP) is 12.6. The zero-order valence-corrected chi connectivity index (χ0v) is 26.7. The van der Waals surface area contributed by atoms with Crippen molar-refractivity contribution >= 4 is 34.1 Å². The Bertz CT molecular complexity index is 2170. The summed E-state index contributed by atoms with van der Waals surface area (Å²) < 4.78 is 0. The van der Waals surface area contributed by atoms with E-state index in [0.29, 0.717) is 0 Å². The van der Waals surface area contributed by atoms with E-state index in [1.54, 1.807) is 0 Å². The second-order valence-electron chi connectivity index (χ2n) is 12.6. The molecule has 47 heavy (non-hydrogen) atoms. The van der Waals surface area contributed by atoms with Crippen molar-refractivity contribution in [3.8, 4) is 22.3 Å². The minimum atomic E-state index is -0.150. The van der Waals surface area contributed by atoms with E-state index in [1.807, 2.05) is 0 Å². The van der Waals surface area contributed by atoms with Crippen LogP contribution in [0.2, 0.25) is 0 Å². The zero-order valence-electron chi connectivity index (χ0n) is 26.7. The fourth-order valence-electron chi connectivity index (χ4n) is 7.11. The lowest BCUT2D eigenvalue weighted by molar-refractivity contribution is 0.632. The molecule has 0 aromatic heterocycles. The van der Waals surface area contributed by atoms with Gasteiger partial charge in [-0.3, -0.25) is 0 Å². The molecule has 0 unspecified atom stereocenters. The molecular weight excluding hydrogens is 569 g/mol. The Labute approximate surface area is 277 Å². The van der Waals surface area contributed by atoms with Crippen molar-refractivity contribution in [2.24, 2.45) is 0 Å². The third-order valence-electron chi connectivity index (χ3n) is 9.43. The molecule has 0 amide bonds. The highest BCUT2D eigenvalue weighted by atomic mass is 15.2. The first kappa shape index (κ1) is 28.6. The van der Waals surface area contributed by atoms with Crippen LogP contribution in [0.5, 0.6) is 0 Å². The number of para-hydroxylation sites is 4. The van der Waals surface area contributed by atoms with Gasteiger partial charge in [0.05, 0.1) is 17.1 Å². The summed E-state index contributed by atoms with van der Waals surface area (Å²) >= 11 is 0. The highest BCUT2D eigenvalue weighted by molar-refractivity contribution is 5.93. The van der Waals surface area contributed by atoms with Crippen LogP contribution in [0.25, 0.3) is 22.3 Å². The zero-order chi connectivity index (χ0) is 31.8. The molecule has 0 atom stereocenters. The van der Waals surface area contributed by atoms with Crippen LogP contribution in [0.1, 0.15) is 25.0 Å². The second kappa shape index (κ2) is 11.8. The molecule has 0 saturated carbocycles. The molecule has 7 aromatic rings. The topological polar surface area (TPSA) is 6.48 Å². The number of hydrogen-bond acceptors (Lipinski definition) is 2. The van der Waals surface area contributed by atoms with E-state index in [1.165, 1.54) is 44.8 Å². The lowest BCUT2D eigenvalue weighted by Crippen LogP contribution is -2.30. The summed E-state index contributed by atoms with van der Waals surface area (Å²) in [5, 5.41) is 0. The van der Waals surface area contributed by atoms with E-state index < -0.39 is 0 Å². The fraction of sp³-hybridized carbons (Fsp3) is 0.0667. The van der Waals surface area contributed by atoms with Crippen LogP contribution in [0.15, 0.2) is 182 Å². The first-order valence-electron chi connectivity index (χ1n) is 16.3. The van der Waals surface area contributed by atoms with Crippen LogP contribution in [0, 0.1) is 0 Å². The molecule has 0 radical (unpaired) electrons. The van der Waals surface area contributed by atoms with E-state index in [4.69, 9.17) is 0 Å². The highest BCUT2D eigenvalue weighted by Gasteiger charge is 2.37. The van der Waals surface area contributed by atoms with Crippen molar-refractivity contribution in [1.82, 2.24) is 0 Å². The molecule has 8 rings (SSSR count). The molecule has 0 fully saturated rings. The minimum Gasteiger partial charge on any atom is -0.310 e. The molecule has 1 aliphatic rings. The molecule has 0 aliphatic carbocycles. The Morgan fingerprint density at radius 2 is 1.02 bits per heavy atom. The van der Waals surface area contributed by atoms with Gasteiger partial charge >= 0.3 is 0 Å². The standard InChI is InChI=1S/C45H36N2/c1-45(2)40-26-13-15-28-43(40)47(37-22-10-5-11-23-37)44-32-35(29-30-41(44)45)39-25-12-14-27-42(39)46(36-20-8-4-9-21-36)38-24-16-19-34(31-38)33-17-6-3-7-18-33/h3-32H,1-2H3. The van der Waals surface area contributed by atoms with Crippen LogP contribution in [-0.4, -0.2) is 0 Å². The van der Waals surface area contributed by atoms with Crippen molar-refractivity contribution < 1.29 is 0 Å². The Morgan fingerprint density at radius 3 is 1.81 bits per heavy atom. The van der Waals surface area contributed by atoms with Crippen LogP contribution in [0.4, 0.5) is 34.1 Å². The van der Waals surface area contributed by atoms with Gasteiger partial charge in [-0.25, -0.2) is 0 Å². The normalized spacial score (nSPS) is 13.0. The third kappa shape index (κ3) is 5.09. The van der Waals surface area contributed by atoms with Gasteiger partial charge in [-0.1, -0.05) is 141 Å². The summed E-state index contributed by atoms with van der Waals surface area (Å²) in [5.41, 5.74) is 14.2. The molecule has 7 aromatic carbocycles. The SMILES string of the molecule is CC1(C)c2ccccc2N(c2ccccc2)c2cc(-c3ccccc3N(c3ccccc3)c3cccc(-c4ccccc4)c3)ccc21. The van der Waals surface area contributed by atoms with Crippen LogP contribution < -0.4 is 9.80 Å². The maximum atomic E-state index is 2.43. The first-order valence-corrected chi connectivity index (χ1v) is 16.3. The Hall–Kier alpha value is -5.86. The summed E-state index contributed by atoms with van der Waals surface area (Å²) in [5.74, 6) is 0. The largest absolute Gasteiger partial charge is 0.310 e. The summed E-state index contributed by atoms with van der Waals surface area (Å²) in [6.45, 7) is 4.69. The minimum absolute atomic E-state index is 0.150. The van der Waals surface area contributed by atoms with Crippen molar-refractivity contribution in [3.05, 3.63) is 193 Å². The van der Waals surface area contributed by atoms with Gasteiger partial charge in [0, 0.05) is 28.0 Å². The molecular formula is C45H36N2. The number of rotatable bonds is 6. The van der Waals surface area contributed by atoms with Gasteiger partial charge in [0.25, 0.3) is 0 Å². The van der Waals surface area contributed by atoms with Gasteiger partial charge in [0.1, 0.15) is 0 Å². The van der Waals surface area contributed by atoms with Gasteiger partial charge in [0.15, 0.2) is 0 Å². The maximum absolute atomic E-state index is 2.43. The Morgan fingerprint density at radius 1 is 0.426 bits per heavy atom. The average Bonchev–Trinajstić information content (AvgIpc) is 3.13. The van der Waals surface area contributed by atoms with Crippen LogP contribution in [-0.2, 0) is 5.41 Å². The monoisotopic (exact) mass is 604 g/mol. The van der Waals surface area contributed by atoms with E-state index in [9.17, 15) is 0 Å². The van der Waals surface area contributed by atoms with Gasteiger partial charge < -0.3 is 9.80 Å². The molecule has 0 saturated heterocycles. The lowest BCUT2D eigenvalue weighted by atomic mass is 9.73. The summed E-state index contributed by atoms with van der Waals surface area (Å²) in [4.78, 5) is 4.82. The van der Waals surface area contributed by atoms with Crippen LogP contribution in [0.3, 0.4) is 0 Å².